The van der Waals surface area contributed by atoms with Gasteiger partial charge in [-0.3, -0.25) is 4.79 Å². The molecule has 0 spiro atoms. The van der Waals surface area contributed by atoms with Gasteiger partial charge >= 0.3 is 0 Å². The predicted molar refractivity (Wildman–Crippen MR) is 75.1 cm³/mol. The van der Waals surface area contributed by atoms with Crippen molar-refractivity contribution >= 4 is 5.91 Å². The van der Waals surface area contributed by atoms with Crippen molar-refractivity contribution in [1.82, 2.24) is 15.1 Å². The maximum atomic E-state index is 12.3. The van der Waals surface area contributed by atoms with Crippen molar-refractivity contribution in [2.24, 2.45) is 5.92 Å². The molecule has 0 aromatic rings. The molecular formula is C14H27N3O2. The Morgan fingerprint density at radius 3 is 2.84 bits per heavy atom. The van der Waals surface area contributed by atoms with E-state index in [1.165, 1.54) is 0 Å². The summed E-state index contributed by atoms with van der Waals surface area (Å²) < 4.78 is 5.37. The average Bonchev–Trinajstić information content (AvgIpc) is 2.93. The van der Waals surface area contributed by atoms with E-state index in [4.69, 9.17) is 4.74 Å². The van der Waals surface area contributed by atoms with Crippen LogP contribution in [-0.4, -0.2) is 74.2 Å². The summed E-state index contributed by atoms with van der Waals surface area (Å²) in [6.45, 7) is 11.5. The molecule has 0 aliphatic carbocycles. The van der Waals surface area contributed by atoms with Crippen molar-refractivity contribution in [2.75, 3.05) is 52.5 Å². The molecule has 1 amide bonds. The second-order valence-electron chi connectivity index (χ2n) is 5.51. The molecule has 2 atom stereocenters. The summed E-state index contributed by atoms with van der Waals surface area (Å²) in [6.07, 6.45) is 1.13. The fourth-order valence-electron chi connectivity index (χ4n) is 2.97. The van der Waals surface area contributed by atoms with E-state index in [-0.39, 0.29) is 11.9 Å². The average molecular weight is 269 g/mol. The third-order valence-electron chi connectivity index (χ3n) is 4.23. The summed E-state index contributed by atoms with van der Waals surface area (Å²) in [7, 11) is 0. The van der Waals surface area contributed by atoms with Gasteiger partial charge in [-0.05, 0) is 25.4 Å². The van der Waals surface area contributed by atoms with Crippen LogP contribution in [0.2, 0.25) is 0 Å². The highest BCUT2D eigenvalue weighted by Crippen LogP contribution is 2.18. The molecular weight excluding hydrogens is 242 g/mol. The molecule has 5 heteroatoms. The van der Waals surface area contributed by atoms with Crippen molar-refractivity contribution in [3.05, 3.63) is 0 Å². The molecule has 0 bridgehead atoms. The van der Waals surface area contributed by atoms with E-state index in [9.17, 15) is 4.79 Å². The van der Waals surface area contributed by atoms with E-state index in [0.717, 1.165) is 45.7 Å². The standard InChI is InChI=1S/C14H27N3O2/c1-3-16(4-2)9-12-5-7-17(10-12)14(18)13-11-19-8-6-15-13/h12-13,15H,3-11H2,1-2H3. The molecule has 110 valence electrons. The van der Waals surface area contributed by atoms with Crippen LogP contribution in [-0.2, 0) is 9.53 Å². The van der Waals surface area contributed by atoms with Crippen LogP contribution in [0.4, 0.5) is 0 Å². The number of amides is 1. The van der Waals surface area contributed by atoms with E-state index in [1.807, 2.05) is 4.90 Å². The lowest BCUT2D eigenvalue weighted by molar-refractivity contribution is -0.135. The van der Waals surface area contributed by atoms with Gasteiger partial charge in [0.15, 0.2) is 0 Å². The van der Waals surface area contributed by atoms with Gasteiger partial charge in [-0.1, -0.05) is 13.8 Å². The summed E-state index contributed by atoms with van der Waals surface area (Å²) >= 11 is 0. The molecule has 0 aromatic heterocycles. The van der Waals surface area contributed by atoms with Crippen LogP contribution in [0.1, 0.15) is 20.3 Å². The normalized spacial score (nSPS) is 28.1. The first-order valence-electron chi connectivity index (χ1n) is 7.56. The number of carbonyl (C=O) groups excluding carboxylic acids is 1. The fourth-order valence-corrected chi connectivity index (χ4v) is 2.97. The number of ether oxygens (including phenoxy) is 1. The van der Waals surface area contributed by atoms with Crippen LogP contribution in [0, 0.1) is 5.92 Å². The van der Waals surface area contributed by atoms with Gasteiger partial charge in [0, 0.05) is 26.2 Å². The van der Waals surface area contributed by atoms with E-state index in [0.29, 0.717) is 19.1 Å². The summed E-state index contributed by atoms with van der Waals surface area (Å²) in [5, 5.41) is 3.25. The first-order chi connectivity index (χ1) is 9.24. The first-order valence-corrected chi connectivity index (χ1v) is 7.56. The maximum Gasteiger partial charge on any atom is 0.242 e. The molecule has 0 radical (unpaired) electrons. The highest BCUT2D eigenvalue weighted by Gasteiger charge is 2.32. The molecule has 19 heavy (non-hydrogen) atoms. The Kier molecular flexibility index (Phi) is 5.60. The molecule has 1 N–H and O–H groups in total. The lowest BCUT2D eigenvalue weighted by atomic mass is 10.1. The van der Waals surface area contributed by atoms with Gasteiger partial charge in [-0.25, -0.2) is 0 Å². The van der Waals surface area contributed by atoms with E-state index >= 15 is 0 Å². The highest BCUT2D eigenvalue weighted by atomic mass is 16.5. The third kappa shape index (κ3) is 3.91. The quantitative estimate of drug-likeness (QED) is 0.772. The molecule has 2 aliphatic rings. The third-order valence-corrected chi connectivity index (χ3v) is 4.23. The number of carbonyl (C=O) groups is 1. The van der Waals surface area contributed by atoms with Crippen molar-refractivity contribution in [3.8, 4) is 0 Å². The highest BCUT2D eigenvalue weighted by molar-refractivity contribution is 5.82. The Balaban J connectivity index is 1.78. The Labute approximate surface area is 116 Å². The number of likely N-dealkylation sites (tertiary alicyclic amines) is 1. The second kappa shape index (κ2) is 7.22. The van der Waals surface area contributed by atoms with Crippen molar-refractivity contribution < 1.29 is 9.53 Å². The number of nitrogens with zero attached hydrogens (tertiary/aromatic N) is 2. The Morgan fingerprint density at radius 1 is 1.42 bits per heavy atom. The van der Waals surface area contributed by atoms with Crippen molar-refractivity contribution in [2.45, 2.75) is 26.3 Å². The number of hydrogen-bond acceptors (Lipinski definition) is 4. The van der Waals surface area contributed by atoms with Gasteiger partial charge in [0.25, 0.3) is 0 Å². The van der Waals surface area contributed by atoms with E-state index in [2.05, 4.69) is 24.1 Å². The van der Waals surface area contributed by atoms with Crippen LogP contribution in [0.15, 0.2) is 0 Å². The smallest absolute Gasteiger partial charge is 0.242 e. The number of nitrogens with one attached hydrogen (secondary N) is 1. The lowest BCUT2D eigenvalue weighted by Gasteiger charge is -2.28. The Hall–Kier alpha value is -0.650. The molecule has 0 saturated carbocycles. The number of rotatable bonds is 5. The minimum Gasteiger partial charge on any atom is -0.378 e. The van der Waals surface area contributed by atoms with Crippen LogP contribution in [0.25, 0.3) is 0 Å². The Bertz CT molecular complexity index is 288. The van der Waals surface area contributed by atoms with Crippen LogP contribution < -0.4 is 5.32 Å². The molecule has 5 nitrogen and oxygen atoms in total. The van der Waals surface area contributed by atoms with E-state index < -0.39 is 0 Å². The molecule has 2 fully saturated rings. The zero-order chi connectivity index (χ0) is 13.7. The molecule has 2 unspecified atom stereocenters. The molecule has 2 saturated heterocycles. The maximum absolute atomic E-state index is 12.3. The lowest BCUT2D eigenvalue weighted by Crippen LogP contribution is -2.52. The Morgan fingerprint density at radius 2 is 2.21 bits per heavy atom. The molecule has 2 heterocycles. The van der Waals surface area contributed by atoms with Crippen molar-refractivity contribution in [3.63, 3.8) is 0 Å². The van der Waals surface area contributed by atoms with Crippen molar-refractivity contribution in [1.29, 1.82) is 0 Å². The monoisotopic (exact) mass is 269 g/mol. The van der Waals surface area contributed by atoms with Gasteiger partial charge in [0.2, 0.25) is 5.91 Å². The van der Waals surface area contributed by atoms with E-state index in [1.54, 1.807) is 0 Å². The minimum atomic E-state index is -0.124. The van der Waals surface area contributed by atoms with Crippen LogP contribution in [0.3, 0.4) is 0 Å². The van der Waals surface area contributed by atoms with Gasteiger partial charge in [0.05, 0.1) is 13.2 Å². The summed E-state index contributed by atoms with van der Waals surface area (Å²) in [6, 6.07) is -0.124. The summed E-state index contributed by atoms with van der Waals surface area (Å²) in [5.74, 6) is 0.857. The predicted octanol–water partition coefficient (Wildman–Crippen LogP) is 0.165. The SMILES string of the molecule is CCN(CC)CC1CCN(C(=O)C2COCCN2)C1. The van der Waals surface area contributed by atoms with Gasteiger partial charge in [0.1, 0.15) is 6.04 Å². The number of morpholine rings is 1. The summed E-state index contributed by atoms with van der Waals surface area (Å²) in [4.78, 5) is 16.8. The topological polar surface area (TPSA) is 44.8 Å². The van der Waals surface area contributed by atoms with Gasteiger partial charge < -0.3 is 19.9 Å². The molecule has 0 aromatic carbocycles. The van der Waals surface area contributed by atoms with Crippen LogP contribution in [0.5, 0.6) is 0 Å². The zero-order valence-corrected chi connectivity index (χ0v) is 12.2. The number of hydrogen-bond donors (Lipinski definition) is 1. The largest absolute Gasteiger partial charge is 0.378 e. The minimum absolute atomic E-state index is 0.124. The van der Waals surface area contributed by atoms with Gasteiger partial charge in [-0.2, -0.15) is 0 Å². The molecule has 2 aliphatic heterocycles. The van der Waals surface area contributed by atoms with Crippen LogP contribution >= 0.6 is 0 Å². The molecule has 2 rings (SSSR count). The van der Waals surface area contributed by atoms with Gasteiger partial charge in [-0.15, -0.1) is 0 Å². The first kappa shape index (κ1) is 14.8. The summed E-state index contributed by atoms with van der Waals surface area (Å²) in [5.41, 5.74) is 0. The second-order valence-corrected chi connectivity index (χ2v) is 5.51. The zero-order valence-electron chi connectivity index (χ0n) is 12.2. The fraction of sp³-hybridized carbons (Fsp3) is 0.929.